The van der Waals surface area contributed by atoms with Crippen LogP contribution in [-0.4, -0.2) is 70.1 Å². The summed E-state index contributed by atoms with van der Waals surface area (Å²) in [6.45, 7) is 21.4. The van der Waals surface area contributed by atoms with E-state index in [1.165, 1.54) is 82.3 Å². The molecule has 0 aromatic carbocycles. The van der Waals surface area contributed by atoms with Crippen molar-refractivity contribution in [2.75, 3.05) is 37.7 Å². The van der Waals surface area contributed by atoms with Gasteiger partial charge in [-0.1, -0.05) is 52.3 Å². The lowest BCUT2D eigenvalue weighted by molar-refractivity contribution is -0.175. The summed E-state index contributed by atoms with van der Waals surface area (Å²) in [5.41, 5.74) is 3.41. The molecule has 50 heavy (non-hydrogen) atoms. The Balaban J connectivity index is 0.00000139. The van der Waals surface area contributed by atoms with Crippen LogP contribution >= 0.6 is 0 Å². The van der Waals surface area contributed by atoms with E-state index in [0.717, 1.165) is 74.1 Å². The van der Waals surface area contributed by atoms with Gasteiger partial charge in [0.1, 0.15) is 6.29 Å². The van der Waals surface area contributed by atoms with Gasteiger partial charge in [-0.25, -0.2) is 0 Å². The number of fused-ring (bicyclic) bond motifs is 7. The van der Waals surface area contributed by atoms with Crippen LogP contribution in [0.3, 0.4) is 0 Å². The maximum atomic E-state index is 12.0. The van der Waals surface area contributed by atoms with Crippen LogP contribution in [0.1, 0.15) is 125 Å². The monoisotopic (exact) mass is 708 g/mol. The third-order valence-corrected chi connectivity index (χ3v) is 17.1. The molecular formula is C43H69N3O3S. The summed E-state index contributed by atoms with van der Waals surface area (Å²) < 4.78 is 11.8. The van der Waals surface area contributed by atoms with Crippen molar-refractivity contribution in [3.8, 4) is 0 Å². The molecule has 7 heteroatoms. The molecule has 0 radical (unpaired) electrons. The van der Waals surface area contributed by atoms with Crippen molar-refractivity contribution in [2.45, 2.75) is 136 Å². The lowest BCUT2D eigenvalue weighted by Crippen LogP contribution is -2.64. The molecule has 280 valence electrons. The number of nitrogens with zero attached hydrogens (tertiary/aromatic N) is 1. The standard InChI is InChI=1S/C40H63N3O3S.C3H6/c1-28(45)42-39(27-44)18-10-29(11-19-39)31-12-16-38(5)34(36(31,2)3)14-17-37(4)32-13-20-40(41-21-22-43-23-25-47(46)26-24-43)15-6-7-33(40)30(32)8-9-35(37)38;1-3-2/h10,12,27,30,32-35,41H,6-9,11,13-26H2,1-5H3,(H,42,45);3H,1H2,2H3/t30?,32?,33-,34?,35?,37?,38?,39?,40?;/m1./s1. The molecule has 1 aliphatic heterocycles. The normalized spacial score (nSPS) is 42.6. The van der Waals surface area contributed by atoms with Gasteiger partial charge in [-0.3, -0.25) is 9.00 Å². The molecule has 2 N–H and O–H groups in total. The molecule has 0 aromatic heterocycles. The molecule has 9 atom stereocenters. The van der Waals surface area contributed by atoms with Crippen molar-refractivity contribution in [1.82, 2.24) is 15.5 Å². The average molecular weight is 708 g/mol. The van der Waals surface area contributed by atoms with Gasteiger partial charge in [-0.15, -0.1) is 6.58 Å². The highest BCUT2D eigenvalue weighted by atomic mass is 32.2. The fraction of sp³-hybridized carbons (Fsp3) is 0.814. The van der Waals surface area contributed by atoms with Crippen LogP contribution in [0.25, 0.3) is 0 Å². The summed E-state index contributed by atoms with van der Waals surface area (Å²) >= 11 is 0. The van der Waals surface area contributed by atoms with E-state index < -0.39 is 16.3 Å². The average Bonchev–Trinajstić information content (AvgIpc) is 3.50. The highest BCUT2D eigenvalue weighted by molar-refractivity contribution is 7.85. The van der Waals surface area contributed by atoms with Crippen LogP contribution in [0.15, 0.2) is 36.0 Å². The summed E-state index contributed by atoms with van der Waals surface area (Å²) in [4.78, 5) is 26.4. The van der Waals surface area contributed by atoms with Gasteiger partial charge in [0.05, 0.1) is 5.54 Å². The number of hydrogen-bond donors (Lipinski definition) is 2. The van der Waals surface area contributed by atoms with Crippen molar-refractivity contribution >= 4 is 23.0 Å². The number of rotatable bonds is 7. The molecule has 0 bridgehead atoms. The van der Waals surface area contributed by atoms with E-state index in [-0.39, 0.29) is 11.3 Å². The van der Waals surface area contributed by atoms with Crippen molar-refractivity contribution in [3.63, 3.8) is 0 Å². The number of amides is 1. The SMILES string of the molecule is C=CC.CC(=O)NC1(C=O)CC=C(C2=CCC3(C)C(CCC4(C)C5CCC6(NCCN7CCS(=O)CC7)CCC[C@@H]6C5CCC43)C2(C)C)CC1. The topological polar surface area (TPSA) is 78.5 Å². The van der Waals surface area contributed by atoms with Crippen molar-refractivity contribution in [3.05, 3.63) is 36.0 Å². The summed E-state index contributed by atoms with van der Waals surface area (Å²) in [6, 6.07) is 0. The minimum Gasteiger partial charge on any atom is -0.344 e. The Kier molecular flexibility index (Phi) is 11.2. The van der Waals surface area contributed by atoms with Gasteiger partial charge in [0.2, 0.25) is 5.91 Å². The van der Waals surface area contributed by atoms with Gasteiger partial charge in [0.25, 0.3) is 0 Å². The Bertz CT molecular complexity index is 1380. The zero-order valence-corrected chi connectivity index (χ0v) is 33.2. The van der Waals surface area contributed by atoms with Crippen LogP contribution in [-0.2, 0) is 20.4 Å². The van der Waals surface area contributed by atoms with Crippen molar-refractivity contribution in [1.29, 1.82) is 0 Å². The summed E-state index contributed by atoms with van der Waals surface area (Å²) in [6.07, 6.45) is 23.4. The Hall–Kier alpha value is -1.57. The number of hydrogen-bond acceptors (Lipinski definition) is 5. The zero-order chi connectivity index (χ0) is 36.0. The number of nitrogens with one attached hydrogen (secondary N) is 2. The fourth-order valence-corrected chi connectivity index (χ4v) is 14.9. The molecule has 6 aliphatic carbocycles. The van der Waals surface area contributed by atoms with Gasteiger partial charge >= 0.3 is 0 Å². The predicted octanol–water partition coefficient (Wildman–Crippen LogP) is 7.77. The first-order chi connectivity index (χ1) is 23.8. The molecule has 0 aromatic rings. The summed E-state index contributed by atoms with van der Waals surface area (Å²) in [5.74, 6) is 5.59. The van der Waals surface area contributed by atoms with Crippen molar-refractivity contribution < 1.29 is 13.8 Å². The lowest BCUT2D eigenvalue weighted by Gasteiger charge is -2.68. The van der Waals surface area contributed by atoms with Gasteiger partial charge in [-0.2, -0.15) is 0 Å². The largest absolute Gasteiger partial charge is 0.344 e. The molecular weight excluding hydrogens is 639 g/mol. The van der Waals surface area contributed by atoms with E-state index in [0.29, 0.717) is 35.1 Å². The number of carbonyl (C=O) groups is 2. The first kappa shape index (κ1) is 38.2. The Morgan fingerprint density at radius 2 is 1.68 bits per heavy atom. The maximum Gasteiger partial charge on any atom is 0.217 e. The number of aldehydes is 1. The Labute approximate surface area is 307 Å². The highest BCUT2D eigenvalue weighted by Gasteiger charge is 2.65. The van der Waals surface area contributed by atoms with E-state index >= 15 is 0 Å². The lowest BCUT2D eigenvalue weighted by atomic mass is 9.37. The second-order valence-corrected chi connectivity index (χ2v) is 20.3. The summed E-state index contributed by atoms with van der Waals surface area (Å²) in [5, 5.41) is 7.17. The number of carbonyl (C=O) groups excluding carboxylic acids is 2. The van der Waals surface area contributed by atoms with Crippen LogP contribution in [0, 0.1) is 45.8 Å². The van der Waals surface area contributed by atoms with Gasteiger partial charge < -0.3 is 20.3 Å². The predicted molar refractivity (Wildman–Crippen MR) is 207 cm³/mol. The second-order valence-electron chi connectivity index (χ2n) is 18.7. The van der Waals surface area contributed by atoms with Crippen LogP contribution in [0.2, 0.25) is 0 Å². The van der Waals surface area contributed by atoms with E-state index in [4.69, 9.17) is 0 Å². The smallest absolute Gasteiger partial charge is 0.217 e. The molecule has 7 rings (SSSR count). The molecule has 1 heterocycles. The first-order valence-corrected chi connectivity index (χ1v) is 21.8. The fourth-order valence-electron chi connectivity index (χ4n) is 13.7. The Morgan fingerprint density at radius 3 is 2.34 bits per heavy atom. The van der Waals surface area contributed by atoms with E-state index in [1.54, 1.807) is 6.08 Å². The molecule has 1 amide bonds. The van der Waals surface area contributed by atoms with E-state index in [2.05, 4.69) is 62.0 Å². The maximum absolute atomic E-state index is 12.0. The third-order valence-electron chi connectivity index (χ3n) is 15.8. The second kappa shape index (κ2) is 14.7. The van der Waals surface area contributed by atoms with Crippen LogP contribution < -0.4 is 10.6 Å². The number of allylic oxidation sites excluding steroid dienone is 4. The molecule has 4 saturated carbocycles. The van der Waals surface area contributed by atoms with Gasteiger partial charge in [0.15, 0.2) is 0 Å². The molecule has 7 aliphatic rings. The van der Waals surface area contributed by atoms with Crippen LogP contribution in [0.5, 0.6) is 0 Å². The van der Waals surface area contributed by atoms with E-state index in [1.807, 2.05) is 6.92 Å². The zero-order valence-electron chi connectivity index (χ0n) is 32.4. The Morgan fingerprint density at radius 1 is 0.940 bits per heavy atom. The quantitative estimate of drug-likeness (QED) is 0.209. The molecule has 0 spiro atoms. The summed E-state index contributed by atoms with van der Waals surface area (Å²) in [7, 11) is -0.597. The van der Waals surface area contributed by atoms with Crippen molar-refractivity contribution in [2.24, 2.45) is 45.8 Å². The van der Waals surface area contributed by atoms with E-state index in [9.17, 15) is 13.8 Å². The minimum absolute atomic E-state index is 0.104. The van der Waals surface area contributed by atoms with Gasteiger partial charge in [0, 0.05) is 60.9 Å². The molecule has 6 nitrogen and oxygen atoms in total. The minimum atomic E-state index is -0.739. The molecule has 1 saturated heterocycles. The molecule has 8 unspecified atom stereocenters. The van der Waals surface area contributed by atoms with Gasteiger partial charge in [-0.05, 0) is 141 Å². The molecule has 5 fully saturated rings. The van der Waals surface area contributed by atoms with Crippen LogP contribution in [0.4, 0.5) is 0 Å². The third kappa shape index (κ3) is 6.72. The first-order valence-electron chi connectivity index (χ1n) is 20.3. The highest BCUT2D eigenvalue weighted by Crippen LogP contribution is 2.72.